The van der Waals surface area contributed by atoms with Gasteiger partial charge in [-0.15, -0.1) is 0 Å². The maximum atomic E-state index is 11.4. The van der Waals surface area contributed by atoms with Gasteiger partial charge < -0.3 is 10.1 Å². The van der Waals surface area contributed by atoms with E-state index in [4.69, 9.17) is 4.74 Å². The van der Waals surface area contributed by atoms with Gasteiger partial charge in [-0.1, -0.05) is 18.2 Å². The average Bonchev–Trinajstić information content (AvgIpc) is 2.41. The zero-order valence-corrected chi connectivity index (χ0v) is 12.2. The number of benzene rings is 1. The molecular weight excluding hydrogens is 274 g/mol. The molecule has 0 unspecified atom stereocenters. The lowest BCUT2D eigenvalue weighted by atomic mass is 10.1. The van der Waals surface area contributed by atoms with Gasteiger partial charge in [-0.2, -0.15) is 0 Å². The van der Waals surface area contributed by atoms with Crippen molar-refractivity contribution in [2.45, 2.75) is 26.3 Å². The fourth-order valence-corrected chi connectivity index (χ4v) is 1.28. The molecule has 114 valence electrons. The van der Waals surface area contributed by atoms with Crippen molar-refractivity contribution in [3.63, 3.8) is 0 Å². The summed E-state index contributed by atoms with van der Waals surface area (Å²) in [5.41, 5.74) is 3.57. The Morgan fingerprint density at radius 3 is 2.19 bits per heavy atom. The van der Waals surface area contributed by atoms with E-state index in [2.05, 4.69) is 10.7 Å². The highest BCUT2D eigenvalue weighted by molar-refractivity contribution is 6.35. The third kappa shape index (κ3) is 6.95. The molecule has 0 bridgehead atoms. The third-order valence-corrected chi connectivity index (χ3v) is 2.12. The zero-order chi connectivity index (χ0) is 15.9. The Hall–Kier alpha value is -2.57. The van der Waals surface area contributed by atoms with Crippen molar-refractivity contribution in [1.29, 1.82) is 0 Å². The van der Waals surface area contributed by atoms with Crippen LogP contribution in [-0.2, 0) is 14.4 Å². The van der Waals surface area contributed by atoms with Gasteiger partial charge in [0.25, 0.3) is 5.91 Å². The molecule has 0 saturated heterocycles. The van der Waals surface area contributed by atoms with E-state index in [9.17, 15) is 14.4 Å². The van der Waals surface area contributed by atoms with Crippen LogP contribution in [0.3, 0.4) is 0 Å². The lowest BCUT2D eigenvalue weighted by molar-refractivity contribution is -0.141. The van der Waals surface area contributed by atoms with Gasteiger partial charge in [0.05, 0.1) is 0 Å². The maximum absolute atomic E-state index is 11.4. The number of carbonyl (C=O) groups excluding carboxylic acids is 3. The largest absolute Gasteiger partial charge is 0.484 e. The molecule has 0 aliphatic rings. The first kappa shape index (κ1) is 16.5. The SMILES string of the molecule is CC(C)(C)NC(=O)C(=O)NNC(=O)COc1ccccc1. The molecule has 0 atom stereocenters. The molecule has 0 aliphatic heterocycles. The number of hydrazine groups is 1. The molecule has 0 aliphatic carbocycles. The molecule has 0 aromatic heterocycles. The van der Waals surface area contributed by atoms with Crippen LogP contribution in [0.1, 0.15) is 20.8 Å². The van der Waals surface area contributed by atoms with Crippen molar-refractivity contribution < 1.29 is 19.1 Å². The Morgan fingerprint density at radius 1 is 1.00 bits per heavy atom. The van der Waals surface area contributed by atoms with E-state index in [0.29, 0.717) is 5.75 Å². The standard InChI is InChI=1S/C14H19N3O4/c1-14(2,3)15-12(19)13(20)17-16-11(18)9-21-10-7-5-4-6-8-10/h4-8H,9H2,1-3H3,(H,15,19)(H,16,18)(H,17,20). The van der Waals surface area contributed by atoms with E-state index < -0.39 is 23.3 Å². The summed E-state index contributed by atoms with van der Waals surface area (Å²) >= 11 is 0. The highest BCUT2D eigenvalue weighted by Crippen LogP contribution is 2.07. The van der Waals surface area contributed by atoms with E-state index in [1.54, 1.807) is 45.0 Å². The van der Waals surface area contributed by atoms with Crippen molar-refractivity contribution in [2.75, 3.05) is 6.61 Å². The maximum Gasteiger partial charge on any atom is 0.327 e. The fourth-order valence-electron chi connectivity index (χ4n) is 1.28. The Labute approximate surface area is 123 Å². The summed E-state index contributed by atoms with van der Waals surface area (Å²) in [7, 11) is 0. The predicted molar refractivity (Wildman–Crippen MR) is 76.1 cm³/mol. The number of nitrogens with one attached hydrogen (secondary N) is 3. The van der Waals surface area contributed by atoms with E-state index in [1.165, 1.54) is 0 Å². The van der Waals surface area contributed by atoms with Crippen LogP contribution in [0, 0.1) is 0 Å². The summed E-state index contributed by atoms with van der Waals surface area (Å²) in [5.74, 6) is -1.81. The van der Waals surface area contributed by atoms with Crippen LogP contribution in [0.15, 0.2) is 30.3 Å². The molecule has 3 amide bonds. The minimum atomic E-state index is -0.946. The molecule has 0 spiro atoms. The number of ether oxygens (including phenoxy) is 1. The number of hydrogen-bond donors (Lipinski definition) is 3. The molecule has 0 saturated carbocycles. The zero-order valence-electron chi connectivity index (χ0n) is 12.2. The molecule has 0 radical (unpaired) electrons. The Balaban J connectivity index is 2.29. The second-order valence-electron chi connectivity index (χ2n) is 5.31. The van der Waals surface area contributed by atoms with Gasteiger partial charge in [-0.25, -0.2) is 0 Å². The van der Waals surface area contributed by atoms with Crippen molar-refractivity contribution in [3.8, 4) is 5.75 Å². The first-order chi connectivity index (χ1) is 9.78. The summed E-state index contributed by atoms with van der Waals surface area (Å²) in [6.45, 7) is 4.95. The molecule has 7 nitrogen and oxygen atoms in total. The summed E-state index contributed by atoms with van der Waals surface area (Å²) in [6, 6.07) is 8.75. The topological polar surface area (TPSA) is 96.5 Å². The van der Waals surface area contributed by atoms with E-state index in [-0.39, 0.29) is 6.61 Å². The summed E-state index contributed by atoms with van der Waals surface area (Å²) in [6.07, 6.45) is 0. The van der Waals surface area contributed by atoms with Crippen molar-refractivity contribution >= 4 is 17.7 Å². The minimum Gasteiger partial charge on any atom is -0.484 e. The van der Waals surface area contributed by atoms with Crippen LogP contribution in [0.4, 0.5) is 0 Å². The van der Waals surface area contributed by atoms with Crippen LogP contribution in [-0.4, -0.2) is 29.9 Å². The minimum absolute atomic E-state index is 0.273. The number of carbonyl (C=O) groups is 3. The highest BCUT2D eigenvalue weighted by atomic mass is 16.5. The van der Waals surface area contributed by atoms with Gasteiger partial charge in [0, 0.05) is 5.54 Å². The monoisotopic (exact) mass is 293 g/mol. The second-order valence-corrected chi connectivity index (χ2v) is 5.31. The number of para-hydroxylation sites is 1. The lowest BCUT2D eigenvalue weighted by Gasteiger charge is -2.19. The number of hydrogen-bond acceptors (Lipinski definition) is 4. The molecule has 21 heavy (non-hydrogen) atoms. The van der Waals surface area contributed by atoms with Gasteiger partial charge in [-0.3, -0.25) is 25.2 Å². The molecule has 0 heterocycles. The predicted octanol–water partition coefficient (Wildman–Crippen LogP) is 0.128. The van der Waals surface area contributed by atoms with Crippen LogP contribution in [0.5, 0.6) is 5.75 Å². The molecule has 1 rings (SSSR count). The molecular formula is C14H19N3O4. The fraction of sp³-hybridized carbons (Fsp3) is 0.357. The summed E-state index contributed by atoms with van der Waals surface area (Å²) in [5, 5.41) is 2.47. The molecule has 1 aromatic rings. The smallest absolute Gasteiger partial charge is 0.327 e. The van der Waals surface area contributed by atoms with Crippen LogP contribution < -0.4 is 20.9 Å². The third-order valence-electron chi connectivity index (χ3n) is 2.12. The van der Waals surface area contributed by atoms with Gasteiger partial charge in [-0.05, 0) is 32.9 Å². The molecule has 7 heteroatoms. The van der Waals surface area contributed by atoms with E-state index >= 15 is 0 Å². The van der Waals surface area contributed by atoms with Gasteiger partial charge >= 0.3 is 11.8 Å². The average molecular weight is 293 g/mol. The quantitative estimate of drug-likeness (QED) is 0.545. The first-order valence-electron chi connectivity index (χ1n) is 6.37. The number of amides is 3. The lowest BCUT2D eigenvalue weighted by Crippen LogP contribution is -2.53. The highest BCUT2D eigenvalue weighted by Gasteiger charge is 2.20. The van der Waals surface area contributed by atoms with Gasteiger partial charge in [0.1, 0.15) is 5.75 Å². The Kier molecular flexibility index (Phi) is 5.71. The van der Waals surface area contributed by atoms with Gasteiger partial charge in [0.15, 0.2) is 6.61 Å². The first-order valence-corrected chi connectivity index (χ1v) is 6.37. The van der Waals surface area contributed by atoms with E-state index in [0.717, 1.165) is 0 Å². The second kappa shape index (κ2) is 7.28. The molecule has 3 N–H and O–H groups in total. The van der Waals surface area contributed by atoms with Crippen molar-refractivity contribution in [2.24, 2.45) is 0 Å². The molecule has 0 fully saturated rings. The normalized spacial score (nSPS) is 10.4. The van der Waals surface area contributed by atoms with Gasteiger partial charge in [0.2, 0.25) is 0 Å². The van der Waals surface area contributed by atoms with Crippen molar-refractivity contribution in [1.82, 2.24) is 16.2 Å². The Morgan fingerprint density at radius 2 is 1.62 bits per heavy atom. The molecule has 1 aromatic carbocycles. The van der Waals surface area contributed by atoms with Crippen molar-refractivity contribution in [3.05, 3.63) is 30.3 Å². The number of rotatable bonds is 3. The summed E-state index contributed by atoms with van der Waals surface area (Å²) in [4.78, 5) is 34.3. The summed E-state index contributed by atoms with van der Waals surface area (Å²) < 4.78 is 5.18. The van der Waals surface area contributed by atoms with Crippen LogP contribution >= 0.6 is 0 Å². The van der Waals surface area contributed by atoms with Crippen LogP contribution in [0.2, 0.25) is 0 Å². The Bertz CT molecular complexity index is 509. The van der Waals surface area contributed by atoms with E-state index in [1.807, 2.05) is 11.5 Å². The van der Waals surface area contributed by atoms with Crippen LogP contribution in [0.25, 0.3) is 0 Å².